The Bertz CT molecular complexity index is 585. The van der Waals surface area contributed by atoms with E-state index in [1.807, 2.05) is 37.3 Å². The second-order valence-electron chi connectivity index (χ2n) is 3.62. The predicted octanol–water partition coefficient (Wildman–Crippen LogP) is 3.70. The molecule has 0 amide bonds. The maximum absolute atomic E-state index is 8.41. The lowest BCUT2D eigenvalue weighted by molar-refractivity contribution is 1.05. The third kappa shape index (κ3) is 2.24. The molecule has 1 aromatic carbocycles. The molecule has 0 radical (unpaired) electrons. The molecule has 1 aromatic heterocycles. The lowest BCUT2D eigenvalue weighted by atomic mass is 10.1. The molecule has 0 aliphatic heterocycles. The fourth-order valence-electron chi connectivity index (χ4n) is 1.60. The van der Waals surface area contributed by atoms with Crippen molar-refractivity contribution in [1.29, 1.82) is 0 Å². The molecule has 0 N–H and O–H groups in total. The van der Waals surface area contributed by atoms with Crippen LogP contribution in [0.1, 0.15) is 11.4 Å². The minimum Gasteiger partial charge on any atom is -0.249 e. The molecule has 0 bridgehead atoms. The highest BCUT2D eigenvalue weighted by Gasteiger charge is 2.08. The lowest BCUT2D eigenvalue weighted by Crippen LogP contribution is -1.95. The average Bonchev–Trinajstić information content (AvgIpc) is 2.35. The number of rotatable bonds is 2. The van der Waals surface area contributed by atoms with Crippen molar-refractivity contribution < 1.29 is 0 Å². The van der Waals surface area contributed by atoms with E-state index in [2.05, 4.69) is 20.0 Å². The molecule has 0 fully saturated rings. The monoisotopic (exact) mass is 225 g/mol. The molecule has 0 atom stereocenters. The quantitative estimate of drug-likeness (QED) is 0.444. The SMILES string of the molecule is Cc1nc(-c2ccccc2)c(C)nc1N=[N+]=[N-]. The summed E-state index contributed by atoms with van der Waals surface area (Å²) in [5.74, 6) is 0.338. The minimum absolute atomic E-state index is 0.338. The third-order valence-corrected chi connectivity index (χ3v) is 2.41. The van der Waals surface area contributed by atoms with Crippen LogP contribution in [0, 0.1) is 13.8 Å². The van der Waals surface area contributed by atoms with E-state index in [1.165, 1.54) is 0 Å². The second kappa shape index (κ2) is 4.63. The van der Waals surface area contributed by atoms with E-state index in [1.54, 1.807) is 6.92 Å². The topological polar surface area (TPSA) is 74.5 Å². The molecule has 5 nitrogen and oxygen atoms in total. The van der Waals surface area contributed by atoms with Crippen LogP contribution in [-0.2, 0) is 0 Å². The van der Waals surface area contributed by atoms with E-state index < -0.39 is 0 Å². The van der Waals surface area contributed by atoms with Gasteiger partial charge in [0.15, 0.2) is 0 Å². The van der Waals surface area contributed by atoms with Gasteiger partial charge < -0.3 is 0 Å². The van der Waals surface area contributed by atoms with Crippen molar-refractivity contribution in [2.75, 3.05) is 0 Å². The fraction of sp³-hybridized carbons (Fsp3) is 0.167. The van der Waals surface area contributed by atoms with Gasteiger partial charge in [-0.2, -0.15) is 0 Å². The number of nitrogens with zero attached hydrogens (tertiary/aromatic N) is 5. The minimum atomic E-state index is 0.338. The number of azide groups is 1. The van der Waals surface area contributed by atoms with E-state index in [0.29, 0.717) is 11.5 Å². The Morgan fingerprint density at radius 2 is 1.76 bits per heavy atom. The molecule has 0 saturated carbocycles. The van der Waals surface area contributed by atoms with Crippen molar-refractivity contribution in [3.05, 3.63) is 52.2 Å². The van der Waals surface area contributed by atoms with Gasteiger partial charge in [0.2, 0.25) is 0 Å². The summed E-state index contributed by atoms with van der Waals surface area (Å²) in [4.78, 5) is 11.4. The summed E-state index contributed by atoms with van der Waals surface area (Å²) in [6.07, 6.45) is 0. The molecule has 17 heavy (non-hydrogen) atoms. The molecule has 1 heterocycles. The summed E-state index contributed by atoms with van der Waals surface area (Å²) >= 11 is 0. The fourth-order valence-corrected chi connectivity index (χ4v) is 1.60. The molecule has 0 unspecified atom stereocenters. The van der Waals surface area contributed by atoms with Gasteiger partial charge in [0.1, 0.15) is 5.82 Å². The Morgan fingerprint density at radius 1 is 1.06 bits per heavy atom. The van der Waals surface area contributed by atoms with Gasteiger partial charge in [-0.1, -0.05) is 30.3 Å². The number of aryl methyl sites for hydroxylation is 2. The number of hydrogen-bond donors (Lipinski definition) is 0. The zero-order valence-corrected chi connectivity index (χ0v) is 9.62. The van der Waals surface area contributed by atoms with Crippen molar-refractivity contribution in [3.8, 4) is 11.3 Å². The van der Waals surface area contributed by atoms with Crippen LogP contribution in [0.2, 0.25) is 0 Å². The highest BCUT2D eigenvalue weighted by atomic mass is 15.2. The van der Waals surface area contributed by atoms with Gasteiger partial charge in [0.05, 0.1) is 17.1 Å². The molecule has 0 saturated heterocycles. The molecular formula is C12H11N5. The summed E-state index contributed by atoms with van der Waals surface area (Å²) in [6.45, 7) is 3.63. The van der Waals surface area contributed by atoms with Crippen molar-refractivity contribution in [1.82, 2.24) is 9.97 Å². The molecule has 0 spiro atoms. The van der Waals surface area contributed by atoms with E-state index in [4.69, 9.17) is 5.53 Å². The Labute approximate surface area is 98.8 Å². The van der Waals surface area contributed by atoms with Crippen LogP contribution >= 0.6 is 0 Å². The smallest absolute Gasteiger partial charge is 0.148 e. The van der Waals surface area contributed by atoms with Crippen LogP contribution in [0.4, 0.5) is 5.82 Å². The van der Waals surface area contributed by atoms with Gasteiger partial charge in [0.25, 0.3) is 0 Å². The van der Waals surface area contributed by atoms with Crippen LogP contribution in [0.5, 0.6) is 0 Å². The average molecular weight is 225 g/mol. The number of hydrogen-bond acceptors (Lipinski definition) is 3. The Hall–Kier alpha value is -2.39. The van der Waals surface area contributed by atoms with Gasteiger partial charge in [-0.25, -0.2) is 9.97 Å². The van der Waals surface area contributed by atoms with Crippen molar-refractivity contribution in [2.24, 2.45) is 5.11 Å². The summed E-state index contributed by atoms with van der Waals surface area (Å²) in [7, 11) is 0. The summed E-state index contributed by atoms with van der Waals surface area (Å²) in [6, 6.07) is 9.81. The van der Waals surface area contributed by atoms with Gasteiger partial charge in [-0.3, -0.25) is 0 Å². The maximum Gasteiger partial charge on any atom is 0.148 e. The molecule has 2 rings (SSSR count). The van der Waals surface area contributed by atoms with Crippen LogP contribution in [0.25, 0.3) is 21.7 Å². The Balaban J connectivity index is 2.58. The standard InChI is InChI=1S/C12H11N5/c1-8-11(10-6-4-3-5-7-10)14-9(2)12(15-8)16-17-13/h3-7H,1-2H3. The molecule has 84 valence electrons. The normalized spacial score (nSPS) is 9.76. The van der Waals surface area contributed by atoms with E-state index in [-0.39, 0.29) is 0 Å². The molecule has 5 heteroatoms. The van der Waals surface area contributed by atoms with Crippen LogP contribution < -0.4 is 0 Å². The maximum atomic E-state index is 8.41. The number of benzene rings is 1. The number of aromatic nitrogens is 2. The summed E-state index contributed by atoms with van der Waals surface area (Å²) in [5, 5.41) is 3.51. The Morgan fingerprint density at radius 3 is 2.41 bits per heavy atom. The van der Waals surface area contributed by atoms with Crippen LogP contribution in [0.15, 0.2) is 35.4 Å². The highest BCUT2D eigenvalue weighted by Crippen LogP contribution is 2.23. The van der Waals surface area contributed by atoms with Gasteiger partial charge in [0, 0.05) is 10.5 Å². The van der Waals surface area contributed by atoms with Crippen molar-refractivity contribution in [2.45, 2.75) is 13.8 Å². The zero-order valence-electron chi connectivity index (χ0n) is 9.62. The lowest BCUT2D eigenvalue weighted by Gasteiger charge is -2.07. The Kier molecular flexibility index (Phi) is 3.03. The van der Waals surface area contributed by atoms with Crippen molar-refractivity contribution in [3.63, 3.8) is 0 Å². The zero-order chi connectivity index (χ0) is 12.3. The third-order valence-electron chi connectivity index (χ3n) is 2.41. The van der Waals surface area contributed by atoms with E-state index in [9.17, 15) is 0 Å². The first kappa shape index (κ1) is 11.1. The van der Waals surface area contributed by atoms with Gasteiger partial charge >= 0.3 is 0 Å². The predicted molar refractivity (Wildman–Crippen MR) is 65.7 cm³/mol. The second-order valence-corrected chi connectivity index (χ2v) is 3.62. The summed E-state index contributed by atoms with van der Waals surface area (Å²) < 4.78 is 0. The first-order chi connectivity index (χ1) is 8.22. The van der Waals surface area contributed by atoms with Crippen LogP contribution in [-0.4, -0.2) is 9.97 Å². The highest BCUT2D eigenvalue weighted by molar-refractivity contribution is 5.62. The molecule has 2 aromatic rings. The molecule has 0 aliphatic carbocycles. The van der Waals surface area contributed by atoms with Gasteiger partial charge in [-0.05, 0) is 24.5 Å². The van der Waals surface area contributed by atoms with E-state index >= 15 is 0 Å². The van der Waals surface area contributed by atoms with Crippen LogP contribution in [0.3, 0.4) is 0 Å². The summed E-state index contributed by atoms with van der Waals surface area (Å²) in [5.41, 5.74) is 11.6. The first-order valence-electron chi connectivity index (χ1n) is 5.18. The largest absolute Gasteiger partial charge is 0.249 e. The van der Waals surface area contributed by atoms with Crippen molar-refractivity contribution >= 4 is 5.82 Å². The molecular weight excluding hydrogens is 214 g/mol. The molecule has 0 aliphatic rings. The van der Waals surface area contributed by atoms with Gasteiger partial charge in [-0.15, -0.1) is 0 Å². The van der Waals surface area contributed by atoms with E-state index in [0.717, 1.165) is 17.0 Å². The first-order valence-corrected chi connectivity index (χ1v) is 5.18.